The fraction of sp³-hybridized carbons (Fsp3) is 0.148. The quantitative estimate of drug-likeness (QED) is 0.416. The topological polar surface area (TPSA) is 45.3 Å². The van der Waals surface area contributed by atoms with Gasteiger partial charge in [-0.15, -0.1) is 0 Å². The number of methoxy groups -OCH3 is 1. The van der Waals surface area contributed by atoms with Crippen molar-refractivity contribution in [3.05, 3.63) is 95.7 Å². The summed E-state index contributed by atoms with van der Waals surface area (Å²) in [5.74, 6) is -0.673. The maximum atomic E-state index is 14.2. The zero-order valence-corrected chi connectivity index (χ0v) is 18.1. The van der Waals surface area contributed by atoms with Crippen LogP contribution in [0.5, 0.6) is 5.75 Å². The van der Waals surface area contributed by atoms with E-state index in [0.717, 1.165) is 22.2 Å². The molecule has 1 amide bonds. The zero-order valence-electron chi connectivity index (χ0n) is 18.1. The van der Waals surface area contributed by atoms with Gasteiger partial charge in [-0.1, -0.05) is 24.3 Å². The summed E-state index contributed by atoms with van der Waals surface area (Å²) in [5, 5.41) is 1.08. The molecule has 5 rings (SSSR count). The summed E-state index contributed by atoms with van der Waals surface area (Å²) in [7, 11) is 1.65. The minimum Gasteiger partial charge on any atom is -0.497 e. The Kier molecular flexibility index (Phi) is 5.42. The lowest BCUT2D eigenvalue weighted by atomic mass is 9.97. The van der Waals surface area contributed by atoms with E-state index in [9.17, 15) is 13.6 Å². The van der Waals surface area contributed by atoms with Crippen molar-refractivity contribution in [2.75, 3.05) is 20.2 Å². The second kappa shape index (κ2) is 8.54. The Balaban J connectivity index is 1.38. The number of carbonyl (C=O) groups excluding carboxylic acids is 1. The van der Waals surface area contributed by atoms with Gasteiger partial charge in [0.2, 0.25) is 0 Å². The van der Waals surface area contributed by atoms with Crippen LogP contribution in [0.1, 0.15) is 22.3 Å². The highest BCUT2D eigenvalue weighted by molar-refractivity contribution is 5.97. The van der Waals surface area contributed by atoms with E-state index in [2.05, 4.69) is 11.1 Å². The van der Waals surface area contributed by atoms with Crippen LogP contribution in [-0.2, 0) is 0 Å². The SMILES string of the molecule is COc1ccc2[nH]cc(C3=CCN(C(=O)c4cccc(-c5c(F)cccc5F)c4)CC3)c2c1. The number of hydrogen-bond acceptors (Lipinski definition) is 2. The molecule has 0 fully saturated rings. The lowest BCUT2D eigenvalue weighted by Gasteiger charge is -2.27. The number of aromatic nitrogens is 1. The van der Waals surface area contributed by atoms with Crippen molar-refractivity contribution in [2.45, 2.75) is 6.42 Å². The molecule has 0 radical (unpaired) electrons. The molecule has 0 spiro atoms. The second-order valence-corrected chi connectivity index (χ2v) is 8.02. The van der Waals surface area contributed by atoms with E-state index < -0.39 is 11.6 Å². The molecule has 0 saturated carbocycles. The normalized spacial score (nSPS) is 13.8. The van der Waals surface area contributed by atoms with E-state index in [-0.39, 0.29) is 11.5 Å². The molecule has 0 atom stereocenters. The fourth-order valence-corrected chi connectivity index (χ4v) is 4.35. The van der Waals surface area contributed by atoms with Crippen molar-refractivity contribution in [3.63, 3.8) is 0 Å². The van der Waals surface area contributed by atoms with Gasteiger partial charge >= 0.3 is 0 Å². The number of nitrogens with one attached hydrogen (secondary N) is 1. The fourth-order valence-electron chi connectivity index (χ4n) is 4.35. The molecule has 1 aromatic heterocycles. The van der Waals surface area contributed by atoms with E-state index in [1.54, 1.807) is 36.3 Å². The number of H-pyrrole nitrogens is 1. The van der Waals surface area contributed by atoms with Gasteiger partial charge < -0.3 is 14.6 Å². The number of carbonyl (C=O) groups is 1. The molecule has 0 unspecified atom stereocenters. The summed E-state index contributed by atoms with van der Waals surface area (Å²) >= 11 is 0. The van der Waals surface area contributed by atoms with Gasteiger partial charge in [0.05, 0.1) is 12.7 Å². The molecule has 0 saturated heterocycles. The largest absolute Gasteiger partial charge is 0.497 e. The summed E-state index contributed by atoms with van der Waals surface area (Å²) in [5.41, 5.74) is 3.93. The van der Waals surface area contributed by atoms with Crippen LogP contribution >= 0.6 is 0 Å². The average molecular weight is 444 g/mol. The smallest absolute Gasteiger partial charge is 0.254 e. The monoisotopic (exact) mass is 444 g/mol. The Morgan fingerprint density at radius 3 is 2.55 bits per heavy atom. The summed E-state index contributed by atoms with van der Waals surface area (Å²) in [6.45, 7) is 1.02. The number of halogens is 2. The first-order chi connectivity index (χ1) is 16.0. The van der Waals surface area contributed by atoms with Gasteiger partial charge in [0.1, 0.15) is 17.4 Å². The summed E-state index contributed by atoms with van der Waals surface area (Å²) in [6.07, 6.45) is 4.75. The first-order valence-electron chi connectivity index (χ1n) is 10.7. The molecule has 1 aliphatic rings. The van der Waals surface area contributed by atoms with E-state index in [4.69, 9.17) is 4.74 Å². The predicted octanol–water partition coefficient (Wildman–Crippen LogP) is 6.05. The lowest BCUT2D eigenvalue weighted by molar-refractivity contribution is 0.0773. The molecule has 4 aromatic rings. The summed E-state index contributed by atoms with van der Waals surface area (Å²) < 4.78 is 33.8. The maximum absolute atomic E-state index is 14.2. The third kappa shape index (κ3) is 3.89. The van der Waals surface area contributed by atoms with Crippen LogP contribution in [-0.4, -0.2) is 36.0 Å². The first kappa shape index (κ1) is 20.9. The Bertz CT molecular complexity index is 1370. The number of hydrogen-bond donors (Lipinski definition) is 1. The van der Waals surface area contributed by atoms with Gasteiger partial charge in [0.15, 0.2) is 0 Å². The molecule has 1 aliphatic heterocycles. The summed E-state index contributed by atoms with van der Waals surface area (Å²) in [6, 6.07) is 16.1. The predicted molar refractivity (Wildman–Crippen MR) is 125 cm³/mol. The van der Waals surface area contributed by atoms with Crippen LogP contribution in [0.2, 0.25) is 0 Å². The molecular formula is C27H22F2N2O2. The van der Waals surface area contributed by atoms with Crippen molar-refractivity contribution < 1.29 is 18.3 Å². The molecule has 0 bridgehead atoms. The van der Waals surface area contributed by atoms with Crippen LogP contribution in [0.4, 0.5) is 8.78 Å². The average Bonchev–Trinajstić information content (AvgIpc) is 3.27. The minimum absolute atomic E-state index is 0.122. The van der Waals surface area contributed by atoms with E-state index >= 15 is 0 Å². The van der Waals surface area contributed by atoms with Crippen LogP contribution in [0, 0.1) is 11.6 Å². The van der Waals surface area contributed by atoms with E-state index in [1.807, 2.05) is 24.4 Å². The van der Waals surface area contributed by atoms with Crippen LogP contribution < -0.4 is 4.74 Å². The third-order valence-corrected chi connectivity index (χ3v) is 6.09. The van der Waals surface area contributed by atoms with E-state index in [0.29, 0.717) is 30.6 Å². The number of rotatable bonds is 4. The number of ether oxygens (including phenoxy) is 1. The second-order valence-electron chi connectivity index (χ2n) is 8.02. The van der Waals surface area contributed by atoms with Crippen molar-refractivity contribution >= 4 is 22.4 Å². The highest BCUT2D eigenvalue weighted by atomic mass is 19.1. The molecule has 4 nitrogen and oxygen atoms in total. The van der Waals surface area contributed by atoms with E-state index in [1.165, 1.54) is 23.8 Å². The van der Waals surface area contributed by atoms with Crippen LogP contribution in [0.3, 0.4) is 0 Å². The molecule has 1 N–H and O–H groups in total. The van der Waals surface area contributed by atoms with Gasteiger partial charge in [-0.25, -0.2) is 8.78 Å². The number of fused-ring (bicyclic) bond motifs is 1. The molecule has 2 heterocycles. The molecular weight excluding hydrogens is 422 g/mol. The Hall–Kier alpha value is -3.93. The third-order valence-electron chi connectivity index (χ3n) is 6.09. The molecule has 33 heavy (non-hydrogen) atoms. The van der Waals surface area contributed by atoms with Crippen molar-refractivity contribution in [1.29, 1.82) is 0 Å². The highest BCUT2D eigenvalue weighted by Crippen LogP contribution is 2.32. The Labute approximate surface area is 190 Å². The molecule has 6 heteroatoms. The van der Waals surface area contributed by atoms with Gasteiger partial charge in [0.25, 0.3) is 5.91 Å². The summed E-state index contributed by atoms with van der Waals surface area (Å²) in [4.78, 5) is 18.2. The van der Waals surface area contributed by atoms with Gasteiger partial charge in [-0.05, 0) is 60.0 Å². The molecule has 166 valence electrons. The van der Waals surface area contributed by atoms with Crippen molar-refractivity contribution in [3.8, 4) is 16.9 Å². The van der Waals surface area contributed by atoms with Crippen molar-refractivity contribution in [1.82, 2.24) is 9.88 Å². The number of aromatic amines is 1. The number of amides is 1. The Morgan fingerprint density at radius 1 is 1.03 bits per heavy atom. The van der Waals surface area contributed by atoms with Crippen LogP contribution in [0.25, 0.3) is 27.6 Å². The number of nitrogens with zero attached hydrogens (tertiary/aromatic N) is 1. The maximum Gasteiger partial charge on any atom is 0.254 e. The standard InChI is InChI=1S/C27H22F2N2O2/c1-33-20-8-9-25-21(15-20)22(16-30-25)17-10-12-31(13-11-17)27(32)19-5-2-4-18(14-19)26-23(28)6-3-7-24(26)29/h2-10,14-16,30H,11-13H2,1H3. The molecule has 0 aliphatic carbocycles. The Morgan fingerprint density at radius 2 is 1.82 bits per heavy atom. The van der Waals surface area contributed by atoms with Gasteiger partial charge in [-0.2, -0.15) is 0 Å². The number of benzene rings is 3. The van der Waals surface area contributed by atoms with Gasteiger partial charge in [0, 0.05) is 41.3 Å². The minimum atomic E-state index is -0.652. The van der Waals surface area contributed by atoms with Gasteiger partial charge in [-0.3, -0.25) is 4.79 Å². The lowest BCUT2D eigenvalue weighted by Crippen LogP contribution is -2.34. The first-order valence-corrected chi connectivity index (χ1v) is 10.7. The van der Waals surface area contributed by atoms with Crippen molar-refractivity contribution in [2.24, 2.45) is 0 Å². The van der Waals surface area contributed by atoms with Crippen LogP contribution in [0.15, 0.2) is 72.9 Å². The highest BCUT2D eigenvalue weighted by Gasteiger charge is 2.22. The zero-order chi connectivity index (χ0) is 22.9. The molecule has 3 aromatic carbocycles.